The van der Waals surface area contributed by atoms with Crippen LogP contribution in [0.15, 0.2) is 0 Å². The van der Waals surface area contributed by atoms with Crippen molar-refractivity contribution < 1.29 is 4.79 Å². The summed E-state index contributed by atoms with van der Waals surface area (Å²) in [5, 5.41) is 3.42. The first-order valence-electron chi connectivity index (χ1n) is 7.31. The van der Waals surface area contributed by atoms with Crippen LogP contribution in [0, 0.1) is 0 Å². The number of rotatable bonds is 2. The number of carbonyl (C=O) groups is 1. The molecule has 0 radical (unpaired) electrons. The Bertz CT molecular complexity index is 289. The highest BCUT2D eigenvalue weighted by Crippen LogP contribution is 2.22. The molecule has 1 amide bonds. The smallest absolute Gasteiger partial charge is 0.242 e. The third-order valence-corrected chi connectivity index (χ3v) is 4.42. The Morgan fingerprint density at radius 2 is 1.83 bits per heavy atom. The summed E-state index contributed by atoms with van der Waals surface area (Å²) in [4.78, 5) is 17.1. The van der Waals surface area contributed by atoms with Crippen LogP contribution in [0.1, 0.15) is 40.0 Å². The average molecular weight is 253 g/mol. The van der Waals surface area contributed by atoms with Crippen LogP contribution in [0.3, 0.4) is 0 Å². The first-order valence-corrected chi connectivity index (χ1v) is 7.31. The lowest BCUT2D eigenvalue weighted by molar-refractivity contribution is -0.140. The first-order chi connectivity index (χ1) is 8.53. The normalized spacial score (nSPS) is 30.8. The van der Waals surface area contributed by atoms with Crippen molar-refractivity contribution in [3.63, 3.8) is 0 Å². The molecule has 4 nitrogen and oxygen atoms in total. The summed E-state index contributed by atoms with van der Waals surface area (Å²) in [7, 11) is 0. The molecule has 0 aromatic carbocycles. The van der Waals surface area contributed by atoms with E-state index >= 15 is 0 Å². The number of piperidine rings is 1. The van der Waals surface area contributed by atoms with E-state index in [2.05, 4.69) is 35.9 Å². The molecule has 2 fully saturated rings. The van der Waals surface area contributed by atoms with Gasteiger partial charge in [-0.1, -0.05) is 0 Å². The van der Waals surface area contributed by atoms with Gasteiger partial charge in [-0.25, -0.2) is 0 Å². The summed E-state index contributed by atoms with van der Waals surface area (Å²) in [5.41, 5.74) is -0.307. The molecular weight excluding hydrogens is 226 g/mol. The molecule has 0 aromatic heterocycles. The minimum atomic E-state index is -0.307. The number of hydrogen-bond donors (Lipinski definition) is 1. The molecule has 1 atom stereocenters. The predicted octanol–water partition coefficient (Wildman–Crippen LogP) is 1.07. The largest absolute Gasteiger partial charge is 0.339 e. The van der Waals surface area contributed by atoms with E-state index in [1.165, 1.54) is 12.8 Å². The Hall–Kier alpha value is -0.610. The molecule has 2 saturated heterocycles. The van der Waals surface area contributed by atoms with E-state index in [4.69, 9.17) is 0 Å². The monoisotopic (exact) mass is 253 g/mol. The molecule has 1 N–H and O–H groups in total. The number of carbonyl (C=O) groups excluding carboxylic acids is 1. The van der Waals surface area contributed by atoms with Gasteiger partial charge in [-0.15, -0.1) is 0 Å². The quantitative estimate of drug-likeness (QED) is 0.799. The van der Waals surface area contributed by atoms with Crippen molar-refractivity contribution in [2.45, 2.75) is 51.6 Å². The van der Waals surface area contributed by atoms with E-state index in [-0.39, 0.29) is 5.54 Å². The molecule has 0 spiro atoms. The van der Waals surface area contributed by atoms with Gasteiger partial charge in [0.15, 0.2) is 0 Å². The molecule has 0 bridgehead atoms. The van der Waals surface area contributed by atoms with Gasteiger partial charge in [0, 0.05) is 32.2 Å². The summed E-state index contributed by atoms with van der Waals surface area (Å²) < 4.78 is 0. The van der Waals surface area contributed by atoms with E-state index in [1.54, 1.807) is 0 Å². The molecule has 0 aromatic rings. The Morgan fingerprint density at radius 3 is 2.33 bits per heavy atom. The number of hydrogen-bond acceptors (Lipinski definition) is 3. The summed E-state index contributed by atoms with van der Waals surface area (Å²) in [6, 6.07) is 0.589. The van der Waals surface area contributed by atoms with Gasteiger partial charge in [0.05, 0.1) is 5.54 Å². The molecule has 2 heterocycles. The minimum absolute atomic E-state index is 0.307. The van der Waals surface area contributed by atoms with Gasteiger partial charge in [-0.05, 0) is 46.6 Å². The van der Waals surface area contributed by atoms with Crippen LogP contribution in [0.4, 0.5) is 0 Å². The summed E-state index contributed by atoms with van der Waals surface area (Å²) in [6.45, 7) is 11.3. The SMILES string of the molecule is CC(C)N1CCN(C(=O)C2(C)CCCCN2)CC1. The highest BCUT2D eigenvalue weighted by Gasteiger charge is 2.38. The number of nitrogens with one attached hydrogen (secondary N) is 1. The molecule has 4 heteroatoms. The van der Waals surface area contributed by atoms with Gasteiger partial charge in [-0.2, -0.15) is 0 Å². The fourth-order valence-electron chi connectivity index (χ4n) is 3.03. The molecule has 1 unspecified atom stereocenters. The Labute approximate surface area is 111 Å². The van der Waals surface area contributed by atoms with Gasteiger partial charge in [0.1, 0.15) is 0 Å². The Balaban J connectivity index is 1.90. The summed E-state index contributed by atoms with van der Waals surface area (Å²) in [6.07, 6.45) is 3.35. The van der Waals surface area contributed by atoms with Crippen molar-refractivity contribution in [1.29, 1.82) is 0 Å². The summed E-state index contributed by atoms with van der Waals surface area (Å²) in [5.74, 6) is 0.311. The average Bonchev–Trinajstić information content (AvgIpc) is 2.39. The molecule has 2 aliphatic heterocycles. The lowest BCUT2D eigenvalue weighted by Gasteiger charge is -2.42. The van der Waals surface area contributed by atoms with Crippen LogP contribution in [0.2, 0.25) is 0 Å². The van der Waals surface area contributed by atoms with E-state index in [0.29, 0.717) is 11.9 Å². The van der Waals surface area contributed by atoms with Crippen LogP contribution in [0.25, 0.3) is 0 Å². The van der Waals surface area contributed by atoms with Crippen molar-refractivity contribution in [3.8, 4) is 0 Å². The highest BCUT2D eigenvalue weighted by atomic mass is 16.2. The maximum Gasteiger partial charge on any atom is 0.242 e. The van der Waals surface area contributed by atoms with Crippen LogP contribution < -0.4 is 5.32 Å². The van der Waals surface area contributed by atoms with Crippen LogP contribution >= 0.6 is 0 Å². The third-order valence-electron chi connectivity index (χ3n) is 4.42. The first kappa shape index (κ1) is 13.8. The topological polar surface area (TPSA) is 35.6 Å². The van der Waals surface area contributed by atoms with E-state index in [0.717, 1.165) is 39.1 Å². The second-order valence-corrected chi connectivity index (χ2v) is 6.14. The molecule has 0 aliphatic carbocycles. The van der Waals surface area contributed by atoms with Crippen LogP contribution in [-0.4, -0.2) is 60.0 Å². The van der Waals surface area contributed by atoms with Gasteiger partial charge >= 0.3 is 0 Å². The Kier molecular flexibility index (Phi) is 4.28. The second-order valence-electron chi connectivity index (χ2n) is 6.14. The fraction of sp³-hybridized carbons (Fsp3) is 0.929. The van der Waals surface area contributed by atoms with Gasteiger partial charge in [0.2, 0.25) is 5.91 Å². The second kappa shape index (κ2) is 5.57. The molecule has 104 valence electrons. The Morgan fingerprint density at radius 1 is 1.17 bits per heavy atom. The number of nitrogens with zero attached hydrogens (tertiary/aromatic N) is 2. The van der Waals surface area contributed by atoms with Crippen LogP contribution in [-0.2, 0) is 4.79 Å². The number of amides is 1. The van der Waals surface area contributed by atoms with Crippen LogP contribution in [0.5, 0.6) is 0 Å². The third kappa shape index (κ3) is 2.86. The van der Waals surface area contributed by atoms with E-state index < -0.39 is 0 Å². The van der Waals surface area contributed by atoms with Crippen molar-refractivity contribution in [2.75, 3.05) is 32.7 Å². The molecule has 2 rings (SSSR count). The van der Waals surface area contributed by atoms with Gasteiger partial charge in [0.25, 0.3) is 0 Å². The molecular formula is C14H27N3O. The van der Waals surface area contributed by atoms with Gasteiger partial charge in [-0.3, -0.25) is 9.69 Å². The maximum atomic E-state index is 12.6. The molecule has 2 aliphatic rings. The predicted molar refractivity (Wildman–Crippen MR) is 73.5 cm³/mol. The van der Waals surface area contributed by atoms with Gasteiger partial charge < -0.3 is 10.2 Å². The zero-order valence-corrected chi connectivity index (χ0v) is 12.0. The lowest BCUT2D eigenvalue weighted by atomic mass is 9.89. The zero-order chi connectivity index (χ0) is 13.2. The number of piperazine rings is 1. The maximum absolute atomic E-state index is 12.6. The molecule has 18 heavy (non-hydrogen) atoms. The van der Waals surface area contributed by atoms with E-state index in [9.17, 15) is 4.79 Å². The van der Waals surface area contributed by atoms with E-state index in [1.807, 2.05) is 0 Å². The summed E-state index contributed by atoms with van der Waals surface area (Å²) >= 11 is 0. The fourth-order valence-corrected chi connectivity index (χ4v) is 3.03. The standard InChI is InChI=1S/C14H27N3O/c1-12(2)16-8-10-17(11-9-16)13(18)14(3)6-4-5-7-15-14/h12,15H,4-11H2,1-3H3. The lowest BCUT2D eigenvalue weighted by Crippen LogP contribution is -2.61. The van der Waals surface area contributed by atoms with Crippen molar-refractivity contribution >= 4 is 5.91 Å². The minimum Gasteiger partial charge on any atom is -0.339 e. The van der Waals surface area contributed by atoms with Crippen molar-refractivity contribution in [1.82, 2.24) is 15.1 Å². The molecule has 0 saturated carbocycles. The zero-order valence-electron chi connectivity index (χ0n) is 12.0. The van der Waals surface area contributed by atoms with Crippen molar-refractivity contribution in [3.05, 3.63) is 0 Å². The van der Waals surface area contributed by atoms with Crippen molar-refractivity contribution in [2.24, 2.45) is 0 Å². The highest BCUT2D eigenvalue weighted by molar-refractivity contribution is 5.86.